The minimum atomic E-state index is -4.15. The van der Waals surface area contributed by atoms with Crippen molar-refractivity contribution in [2.75, 3.05) is 14.2 Å². The van der Waals surface area contributed by atoms with Gasteiger partial charge >= 0.3 is 0 Å². The lowest BCUT2D eigenvalue weighted by molar-refractivity contribution is 0.414. The van der Waals surface area contributed by atoms with Gasteiger partial charge in [0.25, 0.3) is 0 Å². The van der Waals surface area contributed by atoms with Crippen LogP contribution in [0, 0.1) is 5.82 Å². The largest absolute Gasteiger partial charge is 0.497 e. The summed E-state index contributed by atoms with van der Waals surface area (Å²) in [5.41, 5.74) is 0.174. The minimum absolute atomic E-state index is 0.0426. The zero-order valence-electron chi connectivity index (χ0n) is 17.4. The van der Waals surface area contributed by atoms with E-state index in [0.717, 1.165) is 0 Å². The van der Waals surface area contributed by atoms with Crippen LogP contribution in [0.5, 0.6) is 11.5 Å². The van der Waals surface area contributed by atoms with Gasteiger partial charge in [0, 0.05) is 11.8 Å². The molecule has 4 rings (SSSR count). The van der Waals surface area contributed by atoms with E-state index in [2.05, 4.69) is 0 Å². The average molecular weight is 453 g/mol. The standard InChI is InChI=1S/C24H20FNO5S/c1-30-17-7-10-19(11-8-17)32(28,29)23-15-26(14-16-5-3-4-6-21(16)25)22-12-9-18(31-2)13-20(22)24(23)27/h3-13,15H,14H2,1-2H3. The highest BCUT2D eigenvalue weighted by molar-refractivity contribution is 7.91. The number of benzene rings is 3. The highest BCUT2D eigenvalue weighted by Crippen LogP contribution is 2.26. The third-order valence-electron chi connectivity index (χ3n) is 5.21. The summed E-state index contributed by atoms with van der Waals surface area (Å²) < 4.78 is 52.9. The molecule has 4 aromatic rings. The lowest BCUT2D eigenvalue weighted by Gasteiger charge is -2.15. The molecule has 0 aliphatic rings. The Morgan fingerprint density at radius 2 is 1.56 bits per heavy atom. The Labute approximate surface area is 184 Å². The predicted octanol–water partition coefficient (Wildman–Crippen LogP) is 4.04. The number of sulfone groups is 1. The van der Waals surface area contributed by atoms with Gasteiger partial charge in [0.2, 0.25) is 15.3 Å². The average Bonchev–Trinajstić information content (AvgIpc) is 2.81. The van der Waals surface area contributed by atoms with Crippen LogP contribution in [0.15, 0.2) is 87.5 Å². The third-order valence-corrected chi connectivity index (χ3v) is 6.98. The molecule has 0 spiro atoms. The Bertz CT molecular complexity index is 1460. The van der Waals surface area contributed by atoms with Crippen molar-refractivity contribution in [1.29, 1.82) is 0 Å². The van der Waals surface area contributed by atoms with Gasteiger partial charge in [-0.15, -0.1) is 0 Å². The highest BCUT2D eigenvalue weighted by atomic mass is 32.2. The van der Waals surface area contributed by atoms with Crippen LogP contribution in [0.2, 0.25) is 0 Å². The van der Waals surface area contributed by atoms with Gasteiger partial charge in [0.1, 0.15) is 22.2 Å². The normalized spacial score (nSPS) is 11.5. The van der Waals surface area contributed by atoms with Crippen LogP contribution < -0.4 is 14.9 Å². The summed E-state index contributed by atoms with van der Waals surface area (Å²) >= 11 is 0. The van der Waals surface area contributed by atoms with E-state index in [1.54, 1.807) is 34.9 Å². The fourth-order valence-electron chi connectivity index (χ4n) is 3.49. The fourth-order valence-corrected chi connectivity index (χ4v) is 4.86. The van der Waals surface area contributed by atoms with E-state index in [0.29, 0.717) is 22.6 Å². The number of hydrogen-bond acceptors (Lipinski definition) is 5. The van der Waals surface area contributed by atoms with Gasteiger partial charge in [-0.3, -0.25) is 4.79 Å². The first-order valence-electron chi connectivity index (χ1n) is 9.69. The summed E-state index contributed by atoms with van der Waals surface area (Å²) in [6.45, 7) is 0.0426. The summed E-state index contributed by atoms with van der Waals surface area (Å²) in [5, 5.41) is 0.162. The van der Waals surface area contributed by atoms with Crippen LogP contribution in [0.1, 0.15) is 5.56 Å². The van der Waals surface area contributed by atoms with Crippen LogP contribution in [0.25, 0.3) is 10.9 Å². The summed E-state index contributed by atoms with van der Waals surface area (Å²) in [7, 11) is -1.22. The second-order valence-electron chi connectivity index (χ2n) is 7.10. The molecule has 32 heavy (non-hydrogen) atoms. The van der Waals surface area contributed by atoms with E-state index in [9.17, 15) is 17.6 Å². The number of aromatic nitrogens is 1. The van der Waals surface area contributed by atoms with E-state index in [1.807, 2.05) is 0 Å². The second-order valence-corrected chi connectivity index (χ2v) is 9.02. The van der Waals surface area contributed by atoms with E-state index in [1.165, 1.54) is 56.8 Å². The number of nitrogens with zero attached hydrogens (tertiary/aromatic N) is 1. The lowest BCUT2D eigenvalue weighted by Crippen LogP contribution is -2.20. The van der Waals surface area contributed by atoms with Gasteiger partial charge in [-0.05, 0) is 48.5 Å². The van der Waals surface area contributed by atoms with Crippen LogP contribution in [0.3, 0.4) is 0 Å². The van der Waals surface area contributed by atoms with Crippen molar-refractivity contribution in [3.05, 3.63) is 94.5 Å². The van der Waals surface area contributed by atoms with E-state index in [-0.39, 0.29) is 16.8 Å². The van der Waals surface area contributed by atoms with Crippen molar-refractivity contribution in [2.45, 2.75) is 16.3 Å². The molecule has 0 unspecified atom stereocenters. The number of fused-ring (bicyclic) bond motifs is 1. The molecule has 6 nitrogen and oxygen atoms in total. The molecule has 0 saturated carbocycles. The van der Waals surface area contributed by atoms with Crippen LogP contribution in [0.4, 0.5) is 4.39 Å². The number of halogens is 1. The molecular weight excluding hydrogens is 433 g/mol. The van der Waals surface area contributed by atoms with Gasteiger partial charge in [-0.1, -0.05) is 18.2 Å². The van der Waals surface area contributed by atoms with Crippen LogP contribution in [-0.2, 0) is 16.4 Å². The first kappa shape index (κ1) is 21.6. The number of methoxy groups -OCH3 is 2. The molecule has 3 aromatic carbocycles. The van der Waals surface area contributed by atoms with Crippen LogP contribution >= 0.6 is 0 Å². The summed E-state index contributed by atoms with van der Waals surface area (Å²) in [4.78, 5) is 12.8. The zero-order valence-corrected chi connectivity index (χ0v) is 18.2. The summed E-state index contributed by atoms with van der Waals surface area (Å²) in [6.07, 6.45) is 1.27. The van der Waals surface area contributed by atoms with E-state index < -0.39 is 26.0 Å². The van der Waals surface area contributed by atoms with Crippen molar-refractivity contribution in [3.63, 3.8) is 0 Å². The van der Waals surface area contributed by atoms with Gasteiger partial charge in [-0.25, -0.2) is 12.8 Å². The Kier molecular flexibility index (Phi) is 5.71. The molecular formula is C24H20FNO5S. The van der Waals surface area contributed by atoms with Crippen molar-refractivity contribution in [1.82, 2.24) is 4.57 Å². The van der Waals surface area contributed by atoms with E-state index >= 15 is 0 Å². The van der Waals surface area contributed by atoms with Gasteiger partial charge in [0.15, 0.2) is 0 Å². The third kappa shape index (κ3) is 3.85. The smallest absolute Gasteiger partial charge is 0.211 e. The Balaban J connectivity index is 1.97. The Hall–Kier alpha value is -3.65. The Morgan fingerprint density at radius 3 is 2.22 bits per heavy atom. The number of hydrogen-bond donors (Lipinski definition) is 0. The fraction of sp³-hybridized carbons (Fsp3) is 0.125. The number of pyridine rings is 1. The molecule has 0 aliphatic carbocycles. The number of rotatable bonds is 6. The molecule has 0 saturated heterocycles. The molecule has 1 aromatic heterocycles. The monoisotopic (exact) mass is 453 g/mol. The Morgan fingerprint density at radius 1 is 0.906 bits per heavy atom. The van der Waals surface area contributed by atoms with Gasteiger partial charge < -0.3 is 14.0 Å². The maximum absolute atomic E-state index is 14.3. The summed E-state index contributed by atoms with van der Waals surface area (Å²) in [6, 6.07) is 16.8. The highest BCUT2D eigenvalue weighted by Gasteiger charge is 2.24. The second kappa shape index (κ2) is 8.47. The lowest BCUT2D eigenvalue weighted by atomic mass is 10.1. The molecule has 0 atom stereocenters. The quantitative estimate of drug-likeness (QED) is 0.441. The van der Waals surface area contributed by atoms with Crippen LogP contribution in [-0.4, -0.2) is 27.2 Å². The predicted molar refractivity (Wildman–Crippen MR) is 119 cm³/mol. The van der Waals surface area contributed by atoms with Crippen molar-refractivity contribution in [3.8, 4) is 11.5 Å². The topological polar surface area (TPSA) is 74.6 Å². The minimum Gasteiger partial charge on any atom is -0.497 e. The van der Waals surface area contributed by atoms with Gasteiger partial charge in [0.05, 0.1) is 36.6 Å². The SMILES string of the molecule is COc1ccc(S(=O)(=O)c2cn(Cc3ccccc3F)c3ccc(OC)cc3c2=O)cc1. The molecule has 0 N–H and O–H groups in total. The van der Waals surface area contributed by atoms with Crippen molar-refractivity contribution < 1.29 is 22.3 Å². The summed E-state index contributed by atoms with van der Waals surface area (Å²) in [5.74, 6) is 0.475. The molecule has 1 heterocycles. The van der Waals surface area contributed by atoms with Gasteiger partial charge in [-0.2, -0.15) is 0 Å². The van der Waals surface area contributed by atoms with Crippen molar-refractivity contribution >= 4 is 20.7 Å². The molecule has 8 heteroatoms. The molecule has 0 radical (unpaired) electrons. The van der Waals surface area contributed by atoms with E-state index in [4.69, 9.17) is 9.47 Å². The molecule has 0 amide bonds. The first-order chi connectivity index (χ1) is 15.3. The van der Waals surface area contributed by atoms with Crippen molar-refractivity contribution in [2.24, 2.45) is 0 Å². The molecule has 164 valence electrons. The molecule has 0 fully saturated rings. The maximum atomic E-state index is 14.3. The molecule has 0 aliphatic heterocycles. The first-order valence-corrected chi connectivity index (χ1v) is 11.2. The zero-order chi connectivity index (χ0) is 22.9. The number of ether oxygens (including phenoxy) is 2. The maximum Gasteiger partial charge on any atom is 0.211 e. The molecule has 0 bridgehead atoms.